The molecule has 9 heteroatoms. The predicted octanol–water partition coefficient (Wildman–Crippen LogP) is 1.83. The number of carbonyl (C=O) groups is 1. The number of hydrogen-bond donors (Lipinski definition) is 0. The fraction of sp³-hybridized carbons (Fsp3) is 0.667. The number of carbonyl (C=O) groups excluding carboxylic acids is 1. The molecule has 0 N–H and O–H groups in total. The largest absolute Gasteiger partial charge is 0.461 e. The Bertz CT molecular complexity index is 529. The molecule has 1 unspecified atom stereocenters. The summed E-state index contributed by atoms with van der Waals surface area (Å²) in [6, 6.07) is 0. The molecule has 1 saturated heterocycles. The predicted molar refractivity (Wildman–Crippen MR) is 77.1 cm³/mol. The summed E-state index contributed by atoms with van der Waals surface area (Å²) in [4.78, 5) is 20.8. The Labute approximate surface area is 126 Å². The van der Waals surface area contributed by atoms with Gasteiger partial charge in [-0.3, -0.25) is 4.90 Å². The summed E-state index contributed by atoms with van der Waals surface area (Å²) in [5.74, 6) is -0.386. The van der Waals surface area contributed by atoms with Crippen LogP contribution < -0.4 is 0 Å². The third-order valence-electron chi connectivity index (χ3n) is 2.97. The maximum atomic E-state index is 11.6. The van der Waals surface area contributed by atoms with Gasteiger partial charge in [-0.25, -0.2) is 9.78 Å². The van der Waals surface area contributed by atoms with Crippen LogP contribution in [0, 0.1) is 0 Å². The molecule has 1 atom stereocenters. The zero-order valence-corrected chi connectivity index (χ0v) is 12.6. The van der Waals surface area contributed by atoms with Crippen LogP contribution in [0.25, 0.3) is 10.4 Å². The highest BCUT2D eigenvalue weighted by Crippen LogP contribution is 2.15. The second kappa shape index (κ2) is 7.94. The van der Waals surface area contributed by atoms with E-state index in [9.17, 15) is 4.79 Å². The molecule has 0 bridgehead atoms. The summed E-state index contributed by atoms with van der Waals surface area (Å²) in [5.41, 5.74) is 8.69. The van der Waals surface area contributed by atoms with Crippen molar-refractivity contribution < 1.29 is 14.3 Å². The Morgan fingerprint density at radius 2 is 2.62 bits per heavy atom. The van der Waals surface area contributed by atoms with E-state index in [0.717, 1.165) is 11.6 Å². The molecule has 0 aromatic carbocycles. The summed E-state index contributed by atoms with van der Waals surface area (Å²) < 4.78 is 10.4. The first kappa shape index (κ1) is 15.7. The van der Waals surface area contributed by atoms with E-state index in [1.54, 1.807) is 12.3 Å². The maximum absolute atomic E-state index is 11.6. The second-order valence-electron chi connectivity index (χ2n) is 4.49. The molecule has 1 aliphatic rings. The molecule has 2 heterocycles. The van der Waals surface area contributed by atoms with Gasteiger partial charge in [0.1, 0.15) is 5.01 Å². The number of thiazole rings is 1. The summed E-state index contributed by atoms with van der Waals surface area (Å²) in [6.45, 7) is 5.17. The monoisotopic (exact) mass is 311 g/mol. The molecule has 0 spiro atoms. The van der Waals surface area contributed by atoms with Crippen molar-refractivity contribution in [1.82, 2.24) is 9.88 Å². The molecule has 114 valence electrons. The normalized spacial score (nSPS) is 19.0. The van der Waals surface area contributed by atoms with Crippen LogP contribution in [-0.4, -0.2) is 54.8 Å². The molecule has 8 nitrogen and oxygen atoms in total. The molecule has 1 aromatic heterocycles. The van der Waals surface area contributed by atoms with Crippen LogP contribution in [-0.2, 0) is 16.0 Å². The first-order chi connectivity index (χ1) is 10.2. The Kier molecular flexibility index (Phi) is 5.94. The lowest BCUT2D eigenvalue weighted by Gasteiger charge is -2.31. The number of morpholine rings is 1. The van der Waals surface area contributed by atoms with Crippen molar-refractivity contribution in [2.24, 2.45) is 5.11 Å². The molecule has 2 rings (SSSR count). The fourth-order valence-electron chi connectivity index (χ4n) is 2.04. The average molecular weight is 311 g/mol. The molecule has 0 aliphatic carbocycles. The fourth-order valence-corrected chi connectivity index (χ4v) is 2.84. The maximum Gasteiger partial charge on any atom is 0.357 e. The Balaban J connectivity index is 1.89. The molecular weight excluding hydrogens is 294 g/mol. The van der Waals surface area contributed by atoms with Gasteiger partial charge in [-0.05, 0) is 12.5 Å². The number of rotatable bonds is 6. The topological polar surface area (TPSA) is 100 Å². The second-order valence-corrected chi connectivity index (χ2v) is 5.43. The summed E-state index contributed by atoms with van der Waals surface area (Å²) in [7, 11) is 0. The molecule has 0 saturated carbocycles. The Morgan fingerprint density at radius 1 is 1.76 bits per heavy atom. The SMILES string of the molecule is CCOC(=O)c1csc(CN2CCOC(CN=[N+]=[N-])C2)n1. The third-order valence-corrected chi connectivity index (χ3v) is 3.80. The van der Waals surface area contributed by atoms with E-state index in [1.165, 1.54) is 11.3 Å². The number of esters is 1. The Hall–Kier alpha value is -1.67. The summed E-state index contributed by atoms with van der Waals surface area (Å²) >= 11 is 1.44. The number of hydrogen-bond acceptors (Lipinski definition) is 7. The quantitative estimate of drug-likeness (QED) is 0.345. The highest BCUT2D eigenvalue weighted by atomic mass is 32.1. The van der Waals surface area contributed by atoms with Crippen molar-refractivity contribution in [3.8, 4) is 0 Å². The van der Waals surface area contributed by atoms with Gasteiger partial charge in [0.2, 0.25) is 0 Å². The van der Waals surface area contributed by atoms with E-state index < -0.39 is 0 Å². The highest BCUT2D eigenvalue weighted by Gasteiger charge is 2.21. The number of ether oxygens (including phenoxy) is 2. The van der Waals surface area contributed by atoms with Crippen LogP contribution in [0.4, 0.5) is 0 Å². The molecule has 0 radical (unpaired) electrons. The van der Waals surface area contributed by atoms with Crippen molar-refractivity contribution in [2.45, 2.75) is 19.6 Å². The molecule has 21 heavy (non-hydrogen) atoms. The molecule has 1 aliphatic heterocycles. The van der Waals surface area contributed by atoms with Gasteiger partial charge in [-0.2, -0.15) is 0 Å². The molecule has 0 amide bonds. The van der Waals surface area contributed by atoms with Gasteiger partial charge >= 0.3 is 5.97 Å². The smallest absolute Gasteiger partial charge is 0.357 e. The van der Waals surface area contributed by atoms with Crippen LogP contribution in [0.5, 0.6) is 0 Å². The van der Waals surface area contributed by atoms with E-state index in [2.05, 4.69) is 19.9 Å². The zero-order chi connectivity index (χ0) is 15.1. The van der Waals surface area contributed by atoms with E-state index in [1.807, 2.05) is 0 Å². The van der Waals surface area contributed by atoms with E-state index >= 15 is 0 Å². The lowest BCUT2D eigenvalue weighted by molar-refractivity contribution is -0.0260. The number of aromatic nitrogens is 1. The van der Waals surface area contributed by atoms with Gasteiger partial charge in [-0.1, -0.05) is 5.11 Å². The van der Waals surface area contributed by atoms with Crippen LogP contribution in [0.3, 0.4) is 0 Å². The van der Waals surface area contributed by atoms with Crippen molar-refractivity contribution in [3.05, 3.63) is 26.5 Å². The van der Waals surface area contributed by atoms with Gasteiger partial charge in [0.15, 0.2) is 5.69 Å². The van der Waals surface area contributed by atoms with Crippen molar-refractivity contribution >= 4 is 17.3 Å². The van der Waals surface area contributed by atoms with E-state index in [4.69, 9.17) is 15.0 Å². The standard InChI is InChI=1S/C12H17N5O3S/c1-2-19-12(18)10-8-21-11(15-10)7-17-3-4-20-9(6-17)5-14-16-13/h8-9H,2-7H2,1H3. The first-order valence-corrected chi connectivity index (χ1v) is 7.57. The number of azide groups is 1. The molecule has 1 fully saturated rings. The average Bonchev–Trinajstić information content (AvgIpc) is 2.94. The minimum Gasteiger partial charge on any atom is -0.461 e. The van der Waals surface area contributed by atoms with Crippen LogP contribution in [0.15, 0.2) is 10.5 Å². The summed E-state index contributed by atoms with van der Waals surface area (Å²) in [5, 5.41) is 6.12. The molecular formula is C12H17N5O3S. The minimum absolute atomic E-state index is 0.0841. The highest BCUT2D eigenvalue weighted by molar-refractivity contribution is 7.09. The van der Waals surface area contributed by atoms with Crippen molar-refractivity contribution in [1.29, 1.82) is 0 Å². The van der Waals surface area contributed by atoms with E-state index in [0.29, 0.717) is 38.5 Å². The first-order valence-electron chi connectivity index (χ1n) is 6.69. The third kappa shape index (κ3) is 4.68. The Morgan fingerprint density at radius 3 is 3.38 bits per heavy atom. The van der Waals surface area contributed by atoms with Gasteiger partial charge in [0.05, 0.1) is 32.4 Å². The van der Waals surface area contributed by atoms with Crippen LogP contribution in [0.1, 0.15) is 22.4 Å². The lowest BCUT2D eigenvalue weighted by Crippen LogP contribution is -2.43. The molecule has 1 aromatic rings. The van der Waals surface area contributed by atoms with Gasteiger partial charge in [0.25, 0.3) is 0 Å². The van der Waals surface area contributed by atoms with Crippen molar-refractivity contribution in [3.63, 3.8) is 0 Å². The van der Waals surface area contributed by atoms with Gasteiger partial charge < -0.3 is 9.47 Å². The zero-order valence-electron chi connectivity index (χ0n) is 11.8. The van der Waals surface area contributed by atoms with Crippen molar-refractivity contribution in [2.75, 3.05) is 32.8 Å². The van der Waals surface area contributed by atoms with Gasteiger partial charge in [-0.15, -0.1) is 11.3 Å². The van der Waals surface area contributed by atoms with Crippen LogP contribution in [0.2, 0.25) is 0 Å². The van der Waals surface area contributed by atoms with E-state index in [-0.39, 0.29) is 12.1 Å². The minimum atomic E-state index is -0.386. The van der Waals surface area contributed by atoms with Crippen LogP contribution >= 0.6 is 11.3 Å². The summed E-state index contributed by atoms with van der Waals surface area (Å²) in [6.07, 6.45) is -0.0841. The number of nitrogens with zero attached hydrogens (tertiary/aromatic N) is 5. The lowest BCUT2D eigenvalue weighted by atomic mass is 10.3. The van der Waals surface area contributed by atoms with Gasteiger partial charge in [0, 0.05) is 23.4 Å².